The van der Waals surface area contributed by atoms with Gasteiger partial charge in [-0.15, -0.1) is 0 Å². The highest BCUT2D eigenvalue weighted by Gasteiger charge is 2.48. The van der Waals surface area contributed by atoms with Crippen LogP contribution in [0, 0.1) is 5.92 Å². The number of aliphatic hydroxyl groups is 2. The predicted octanol–water partition coefficient (Wildman–Crippen LogP) is 2.64. The second kappa shape index (κ2) is 15.9. The Bertz CT molecular complexity index is 1870. The molecule has 0 amide bonds. The number of aliphatic carboxylic acids is 1. The first-order chi connectivity index (χ1) is 26.0. The molecular formula is C38H43NO15. The average molecular weight is 754 g/mol. The zero-order valence-electron chi connectivity index (χ0n) is 29.7. The van der Waals surface area contributed by atoms with Crippen molar-refractivity contribution in [3.05, 3.63) is 70.3 Å². The van der Waals surface area contributed by atoms with E-state index < -0.39 is 61.8 Å². The van der Waals surface area contributed by atoms with Gasteiger partial charge < -0.3 is 64.2 Å². The molecule has 0 aromatic heterocycles. The number of hydrogen-bond donors (Lipinski definition) is 5. The molecule has 54 heavy (non-hydrogen) atoms. The highest BCUT2D eigenvalue weighted by molar-refractivity contribution is 5.90. The largest absolute Gasteiger partial charge is 0.508 e. The summed E-state index contributed by atoms with van der Waals surface area (Å²) in [6, 6.07) is 12.2. The van der Waals surface area contributed by atoms with Gasteiger partial charge in [-0.25, -0.2) is 0 Å². The third kappa shape index (κ3) is 7.71. The van der Waals surface area contributed by atoms with E-state index in [0.29, 0.717) is 47.3 Å². The number of hydrogen-bond acceptors (Lipinski definition) is 15. The molecule has 3 aromatic carbocycles. The van der Waals surface area contributed by atoms with Crippen molar-refractivity contribution in [1.82, 2.24) is 0 Å². The number of aliphatic hydroxyl groups excluding tert-OH is 2. The van der Waals surface area contributed by atoms with E-state index in [1.165, 1.54) is 0 Å². The second-order valence-corrected chi connectivity index (χ2v) is 14.0. The zero-order chi connectivity index (χ0) is 38.1. The van der Waals surface area contributed by atoms with E-state index >= 15 is 0 Å². The number of carbonyl (C=O) groups is 2. The minimum atomic E-state index is -1.68. The number of carboxylic acids is 1. The third-order valence-electron chi connectivity index (χ3n) is 9.58. The summed E-state index contributed by atoms with van der Waals surface area (Å²) in [5.74, 6) is 0.651. The molecule has 0 spiro atoms. The molecule has 16 nitrogen and oxygen atoms in total. The number of phenols is 1. The van der Waals surface area contributed by atoms with Crippen molar-refractivity contribution in [1.29, 1.82) is 0 Å². The van der Waals surface area contributed by atoms with Crippen LogP contribution in [0.15, 0.2) is 42.5 Å². The summed E-state index contributed by atoms with van der Waals surface area (Å²) in [5, 5.41) is 41.2. The predicted molar refractivity (Wildman–Crippen MR) is 184 cm³/mol. The molecule has 6 N–H and O–H groups in total. The molecule has 0 saturated carbocycles. The molecule has 4 aliphatic rings. The van der Waals surface area contributed by atoms with E-state index in [-0.39, 0.29) is 43.8 Å². The van der Waals surface area contributed by atoms with Gasteiger partial charge in [0.2, 0.25) is 6.79 Å². The van der Waals surface area contributed by atoms with Crippen LogP contribution in [0.3, 0.4) is 0 Å². The monoisotopic (exact) mass is 753 g/mol. The molecule has 290 valence electrons. The molecule has 1 fully saturated rings. The van der Waals surface area contributed by atoms with Crippen LogP contribution in [-0.4, -0.2) is 96.2 Å². The summed E-state index contributed by atoms with van der Waals surface area (Å²) in [7, 11) is 0. The Kier molecular flexibility index (Phi) is 11.0. The van der Waals surface area contributed by atoms with Crippen LogP contribution < -0.4 is 29.6 Å². The molecule has 16 heteroatoms. The molecule has 7 atom stereocenters. The van der Waals surface area contributed by atoms with Gasteiger partial charge in [0.15, 0.2) is 29.6 Å². The first-order valence-electron chi connectivity index (χ1n) is 17.7. The lowest BCUT2D eigenvalue weighted by Gasteiger charge is -2.41. The van der Waals surface area contributed by atoms with Gasteiger partial charge in [-0.05, 0) is 48.2 Å². The minimum Gasteiger partial charge on any atom is -0.508 e. The Balaban J connectivity index is 1.18. The van der Waals surface area contributed by atoms with Crippen LogP contribution >= 0.6 is 0 Å². The zero-order valence-corrected chi connectivity index (χ0v) is 29.7. The number of fused-ring (bicyclic) bond motifs is 6. The van der Waals surface area contributed by atoms with Gasteiger partial charge in [-0.2, -0.15) is 4.89 Å². The van der Waals surface area contributed by atoms with Crippen LogP contribution in [0.25, 0.3) is 0 Å². The molecule has 4 heterocycles. The maximum absolute atomic E-state index is 11.8. The van der Waals surface area contributed by atoms with Gasteiger partial charge in [0.05, 0.1) is 19.1 Å². The van der Waals surface area contributed by atoms with Crippen molar-refractivity contribution in [3.63, 3.8) is 0 Å². The van der Waals surface area contributed by atoms with Crippen LogP contribution in [-0.2, 0) is 41.5 Å². The van der Waals surface area contributed by atoms with Gasteiger partial charge in [0, 0.05) is 35.2 Å². The first kappa shape index (κ1) is 37.5. The van der Waals surface area contributed by atoms with Crippen molar-refractivity contribution < 1.29 is 72.9 Å². The number of phenolic OH excluding ortho intramolecular Hbond substituents is 1. The number of esters is 1. The van der Waals surface area contributed by atoms with Gasteiger partial charge in [-0.1, -0.05) is 26.0 Å². The third-order valence-corrected chi connectivity index (χ3v) is 9.58. The fraction of sp³-hybridized carbons (Fsp3) is 0.474. The maximum atomic E-state index is 11.8. The van der Waals surface area contributed by atoms with Crippen molar-refractivity contribution in [2.24, 2.45) is 11.7 Å². The summed E-state index contributed by atoms with van der Waals surface area (Å²) in [6.45, 7) is 4.20. The highest BCUT2D eigenvalue weighted by Crippen LogP contribution is 2.57. The number of carboxylic acid groups (broad SMARTS) is 1. The molecule has 1 saturated heterocycles. The molecule has 3 aromatic rings. The Hall–Kier alpha value is -4.84. The van der Waals surface area contributed by atoms with E-state index in [9.17, 15) is 24.9 Å². The van der Waals surface area contributed by atoms with Gasteiger partial charge >= 0.3 is 11.9 Å². The molecule has 0 unspecified atom stereocenters. The van der Waals surface area contributed by atoms with Gasteiger partial charge in [0.25, 0.3) is 0 Å². The Morgan fingerprint density at radius 3 is 2.59 bits per heavy atom. The SMILES string of the molecule is CC(C)Cc1c2c(cc3c1O[C@@H]1c4cc(OO[C@H]5[C@H](OCCN)O[C@H](COC(=O)CC(=O)O)[C@@H](O)[C@@H]5O)c(Cc5cccc(O)c5)cc4OC[C@H]31)OCO2. The first-order valence-corrected chi connectivity index (χ1v) is 17.7. The van der Waals surface area contributed by atoms with Crippen LogP contribution in [0.5, 0.6) is 34.5 Å². The van der Waals surface area contributed by atoms with Crippen molar-refractivity contribution in [2.45, 2.75) is 75.8 Å². The number of ether oxygens (including phenoxy) is 7. The normalized spacial score (nSPS) is 24.9. The lowest BCUT2D eigenvalue weighted by molar-refractivity contribution is -0.372. The Morgan fingerprint density at radius 2 is 1.83 bits per heavy atom. The standard InChI is InChI=1S/C38H43NO15/c1-18(2)8-24-34-22(12-28-36(24)50-17-49-28)25-15-47-27-11-20(9-19-4-3-5-21(40)10-19)26(13-23(27)35(25)52-34)53-54-37-33(45)32(44)29(51-38(37)46-7-6-39)16-48-31(43)14-30(41)42/h3-5,10-13,18,25,29,32-33,35,37-38,40,44-45H,6-9,14-17,39H2,1-2H3,(H,41,42)/t25-,29-,32-,33+,35-,37-,38-/m1/s1. The molecule has 0 bridgehead atoms. The lowest BCUT2D eigenvalue weighted by Crippen LogP contribution is -2.60. The van der Waals surface area contributed by atoms with E-state index in [4.69, 9.17) is 53.8 Å². The number of benzene rings is 3. The molecular weight excluding hydrogens is 710 g/mol. The fourth-order valence-corrected chi connectivity index (χ4v) is 7.12. The van der Waals surface area contributed by atoms with E-state index in [0.717, 1.165) is 22.4 Å². The van der Waals surface area contributed by atoms with E-state index in [2.05, 4.69) is 13.8 Å². The number of rotatable bonds is 14. The van der Waals surface area contributed by atoms with Gasteiger partial charge in [-0.3, -0.25) is 9.59 Å². The molecule has 0 radical (unpaired) electrons. The Labute approximate surface area is 310 Å². The van der Waals surface area contributed by atoms with Gasteiger partial charge in [0.1, 0.15) is 54.7 Å². The quantitative estimate of drug-likeness (QED) is 0.0691. The van der Waals surface area contributed by atoms with E-state index in [1.54, 1.807) is 24.3 Å². The summed E-state index contributed by atoms with van der Waals surface area (Å²) >= 11 is 0. The average Bonchev–Trinajstić information content (AvgIpc) is 3.76. The topological polar surface area (TPSA) is 224 Å². The summed E-state index contributed by atoms with van der Waals surface area (Å²) in [4.78, 5) is 34.5. The number of aromatic hydroxyl groups is 1. The van der Waals surface area contributed by atoms with Crippen LogP contribution in [0.2, 0.25) is 0 Å². The molecule has 0 aliphatic carbocycles. The Morgan fingerprint density at radius 1 is 1.00 bits per heavy atom. The number of nitrogens with two attached hydrogens (primary N) is 1. The van der Waals surface area contributed by atoms with Crippen molar-refractivity contribution in [3.8, 4) is 34.5 Å². The van der Waals surface area contributed by atoms with Crippen LogP contribution in [0.4, 0.5) is 0 Å². The lowest BCUT2D eigenvalue weighted by atomic mass is 9.86. The smallest absolute Gasteiger partial charge is 0.317 e. The highest BCUT2D eigenvalue weighted by atomic mass is 17.2. The van der Waals surface area contributed by atoms with Crippen molar-refractivity contribution >= 4 is 11.9 Å². The maximum Gasteiger partial charge on any atom is 0.317 e. The fourth-order valence-electron chi connectivity index (χ4n) is 7.12. The van der Waals surface area contributed by atoms with E-state index in [1.807, 2.05) is 18.2 Å². The number of carbonyl (C=O) groups excluding carboxylic acids is 1. The second-order valence-electron chi connectivity index (χ2n) is 14.0. The summed E-state index contributed by atoms with van der Waals surface area (Å²) < 4.78 is 41.2. The minimum absolute atomic E-state index is 0.0307. The summed E-state index contributed by atoms with van der Waals surface area (Å²) in [5.41, 5.74) is 9.58. The van der Waals surface area contributed by atoms with Crippen molar-refractivity contribution in [2.75, 3.05) is 33.2 Å². The summed E-state index contributed by atoms with van der Waals surface area (Å²) in [6.07, 6.45) is -7.78. The molecule has 7 rings (SSSR count). The molecule has 4 aliphatic heterocycles. The van der Waals surface area contributed by atoms with Crippen LogP contribution in [0.1, 0.15) is 60.1 Å².